The molecule has 1 aliphatic rings. The molecule has 0 bridgehead atoms. The molecule has 8 heavy (non-hydrogen) atoms. The Bertz CT molecular complexity index is 168. The SMILES string of the molecule is O=S1(=O)CCC1CO. The maximum Gasteiger partial charge on any atom is 0.155 e. The third kappa shape index (κ3) is 0.736. The van der Waals surface area contributed by atoms with Crippen LogP contribution in [-0.4, -0.2) is 31.1 Å². The van der Waals surface area contributed by atoms with Crippen molar-refractivity contribution >= 4 is 9.84 Å². The van der Waals surface area contributed by atoms with E-state index in [2.05, 4.69) is 0 Å². The second-order valence-corrected chi connectivity index (χ2v) is 4.36. The summed E-state index contributed by atoms with van der Waals surface area (Å²) in [5.74, 6) is 0.262. The van der Waals surface area contributed by atoms with E-state index in [-0.39, 0.29) is 12.4 Å². The monoisotopic (exact) mass is 136 g/mol. The van der Waals surface area contributed by atoms with Crippen molar-refractivity contribution in [2.75, 3.05) is 12.4 Å². The quantitative estimate of drug-likeness (QED) is 0.511. The highest BCUT2D eigenvalue weighted by atomic mass is 32.2. The maximum atomic E-state index is 10.5. The minimum Gasteiger partial charge on any atom is -0.395 e. The molecule has 0 amide bonds. The lowest BCUT2D eigenvalue weighted by molar-refractivity contribution is 0.281. The molecule has 1 unspecified atom stereocenters. The summed E-state index contributed by atoms with van der Waals surface area (Å²) in [6.07, 6.45) is 0.638. The Labute approximate surface area is 48.2 Å². The number of rotatable bonds is 1. The molecule has 0 aromatic heterocycles. The molecular formula is C4H8O3S. The van der Waals surface area contributed by atoms with Crippen molar-refractivity contribution in [3.05, 3.63) is 0 Å². The molecule has 0 aromatic carbocycles. The molecule has 1 fully saturated rings. The van der Waals surface area contributed by atoms with Crippen molar-refractivity contribution in [1.82, 2.24) is 0 Å². The maximum absolute atomic E-state index is 10.5. The summed E-state index contributed by atoms with van der Waals surface area (Å²) in [5, 5.41) is 7.90. The van der Waals surface area contributed by atoms with Crippen LogP contribution in [0.4, 0.5) is 0 Å². The van der Waals surface area contributed by atoms with Crippen LogP contribution in [0.5, 0.6) is 0 Å². The largest absolute Gasteiger partial charge is 0.395 e. The van der Waals surface area contributed by atoms with E-state index in [0.29, 0.717) is 6.42 Å². The van der Waals surface area contributed by atoms with E-state index >= 15 is 0 Å². The molecule has 1 rings (SSSR count). The lowest BCUT2D eigenvalue weighted by Gasteiger charge is -2.22. The Balaban J connectivity index is 2.64. The van der Waals surface area contributed by atoms with Crippen LogP contribution >= 0.6 is 0 Å². The Morgan fingerprint density at radius 1 is 1.62 bits per heavy atom. The van der Waals surface area contributed by atoms with Crippen LogP contribution in [-0.2, 0) is 9.84 Å². The molecule has 1 heterocycles. The third-order valence-corrected chi connectivity index (χ3v) is 3.64. The lowest BCUT2D eigenvalue weighted by atomic mass is 10.3. The molecule has 4 heteroatoms. The molecule has 48 valence electrons. The predicted molar refractivity (Wildman–Crippen MR) is 29.3 cm³/mol. The zero-order chi connectivity index (χ0) is 6.20. The second kappa shape index (κ2) is 1.70. The standard InChI is InChI=1S/C4H8O3S/c5-3-4-1-2-8(4,6)7/h4-5H,1-3H2. The molecule has 0 aliphatic carbocycles. The fourth-order valence-corrected chi connectivity index (χ4v) is 1.86. The van der Waals surface area contributed by atoms with E-state index < -0.39 is 15.1 Å². The van der Waals surface area contributed by atoms with Crippen LogP contribution in [0.3, 0.4) is 0 Å². The van der Waals surface area contributed by atoms with Gasteiger partial charge in [-0.05, 0) is 6.42 Å². The zero-order valence-electron chi connectivity index (χ0n) is 4.37. The highest BCUT2D eigenvalue weighted by Gasteiger charge is 2.34. The van der Waals surface area contributed by atoms with Crippen LogP contribution in [0, 0.1) is 0 Å². The van der Waals surface area contributed by atoms with Crippen LogP contribution in [0.1, 0.15) is 6.42 Å². The van der Waals surface area contributed by atoms with Gasteiger partial charge in [-0.1, -0.05) is 0 Å². The predicted octanol–water partition coefficient (Wildman–Crippen LogP) is -0.834. The minimum absolute atomic E-state index is 0.206. The Morgan fingerprint density at radius 2 is 2.25 bits per heavy atom. The van der Waals surface area contributed by atoms with Gasteiger partial charge in [-0.3, -0.25) is 0 Å². The van der Waals surface area contributed by atoms with Gasteiger partial charge in [-0.2, -0.15) is 0 Å². The average molecular weight is 136 g/mol. The summed E-state index contributed by atoms with van der Waals surface area (Å²) in [7, 11) is -2.82. The molecule has 0 radical (unpaired) electrons. The summed E-state index contributed by atoms with van der Waals surface area (Å²) in [4.78, 5) is 0. The molecule has 1 atom stereocenters. The van der Waals surface area contributed by atoms with E-state index in [1.54, 1.807) is 0 Å². The van der Waals surface area contributed by atoms with E-state index in [1.165, 1.54) is 0 Å². The summed E-state index contributed by atoms with van der Waals surface area (Å²) in [6, 6.07) is 0. The Morgan fingerprint density at radius 3 is 2.25 bits per heavy atom. The smallest absolute Gasteiger partial charge is 0.155 e. The zero-order valence-corrected chi connectivity index (χ0v) is 5.19. The van der Waals surface area contributed by atoms with Gasteiger partial charge in [-0.25, -0.2) is 8.42 Å². The molecule has 0 aromatic rings. The van der Waals surface area contributed by atoms with Crippen molar-refractivity contribution in [3.63, 3.8) is 0 Å². The van der Waals surface area contributed by atoms with Gasteiger partial charge in [0.2, 0.25) is 0 Å². The number of hydrogen-bond donors (Lipinski definition) is 1. The molecule has 0 spiro atoms. The van der Waals surface area contributed by atoms with Crippen molar-refractivity contribution in [3.8, 4) is 0 Å². The van der Waals surface area contributed by atoms with Crippen molar-refractivity contribution in [2.45, 2.75) is 11.7 Å². The van der Waals surface area contributed by atoms with E-state index in [9.17, 15) is 8.42 Å². The summed E-state index contributed by atoms with van der Waals surface area (Å²) in [5.41, 5.74) is 0. The topological polar surface area (TPSA) is 54.4 Å². The van der Waals surface area contributed by atoms with Gasteiger partial charge in [0, 0.05) is 0 Å². The van der Waals surface area contributed by atoms with Crippen LogP contribution < -0.4 is 0 Å². The Hall–Kier alpha value is -0.0900. The summed E-state index contributed by atoms with van der Waals surface area (Å²) in [6.45, 7) is -0.206. The first kappa shape index (κ1) is 6.04. The summed E-state index contributed by atoms with van der Waals surface area (Å²) >= 11 is 0. The van der Waals surface area contributed by atoms with Gasteiger partial charge in [0.25, 0.3) is 0 Å². The van der Waals surface area contributed by atoms with Crippen LogP contribution in [0.15, 0.2) is 0 Å². The molecular weight excluding hydrogens is 128 g/mol. The van der Waals surface area contributed by atoms with Crippen LogP contribution in [0.25, 0.3) is 0 Å². The molecule has 1 N–H and O–H groups in total. The van der Waals surface area contributed by atoms with Gasteiger partial charge in [-0.15, -0.1) is 0 Å². The number of hydrogen-bond acceptors (Lipinski definition) is 3. The van der Waals surface area contributed by atoms with Gasteiger partial charge >= 0.3 is 0 Å². The highest BCUT2D eigenvalue weighted by molar-refractivity contribution is 7.93. The fourth-order valence-electron chi connectivity index (χ4n) is 0.682. The highest BCUT2D eigenvalue weighted by Crippen LogP contribution is 2.18. The first-order chi connectivity index (χ1) is 3.67. The summed E-state index contributed by atoms with van der Waals surface area (Å²) < 4.78 is 21.0. The lowest BCUT2D eigenvalue weighted by Crippen LogP contribution is -2.39. The molecule has 1 aliphatic heterocycles. The minimum atomic E-state index is -2.82. The van der Waals surface area contributed by atoms with Crippen LogP contribution in [0.2, 0.25) is 0 Å². The molecule has 3 nitrogen and oxygen atoms in total. The van der Waals surface area contributed by atoms with Gasteiger partial charge in [0.05, 0.1) is 17.6 Å². The number of aliphatic hydroxyl groups is 1. The number of sulfone groups is 1. The van der Waals surface area contributed by atoms with Gasteiger partial charge < -0.3 is 5.11 Å². The first-order valence-corrected chi connectivity index (χ1v) is 4.21. The van der Waals surface area contributed by atoms with Crippen molar-refractivity contribution in [1.29, 1.82) is 0 Å². The van der Waals surface area contributed by atoms with Crippen molar-refractivity contribution < 1.29 is 13.5 Å². The first-order valence-electron chi connectivity index (χ1n) is 2.49. The van der Waals surface area contributed by atoms with Gasteiger partial charge in [0.1, 0.15) is 0 Å². The van der Waals surface area contributed by atoms with Crippen molar-refractivity contribution in [2.24, 2.45) is 0 Å². The van der Waals surface area contributed by atoms with Gasteiger partial charge in [0.15, 0.2) is 9.84 Å². The Kier molecular flexibility index (Phi) is 1.28. The number of aliphatic hydroxyl groups excluding tert-OH is 1. The normalized spacial score (nSPS) is 33.9. The second-order valence-electron chi connectivity index (χ2n) is 1.96. The van der Waals surface area contributed by atoms with E-state index in [1.807, 2.05) is 0 Å². The third-order valence-electron chi connectivity index (χ3n) is 1.44. The fraction of sp³-hybridized carbons (Fsp3) is 1.00. The molecule has 0 saturated carbocycles. The van der Waals surface area contributed by atoms with E-state index in [4.69, 9.17) is 5.11 Å². The average Bonchev–Trinajstić information content (AvgIpc) is 1.66. The van der Waals surface area contributed by atoms with E-state index in [0.717, 1.165) is 0 Å². The molecule has 1 saturated heterocycles.